The first-order chi connectivity index (χ1) is 12.0. The van der Waals surface area contributed by atoms with E-state index >= 15 is 0 Å². The van der Waals surface area contributed by atoms with Gasteiger partial charge in [-0.3, -0.25) is 48.9 Å². The molecule has 0 atom stereocenters. The van der Waals surface area contributed by atoms with Crippen LogP contribution in [0.2, 0.25) is 0 Å². The molecule has 30 heteroatoms. The van der Waals surface area contributed by atoms with E-state index in [2.05, 4.69) is 0 Å². The Hall–Kier alpha value is 0.510. The van der Waals surface area contributed by atoms with Gasteiger partial charge in [0.05, 0.1) is 0 Å². The molecule has 0 aromatic rings. The van der Waals surface area contributed by atoms with Gasteiger partial charge in [0, 0.05) is 0 Å². The molecular weight excluding hydrogens is 585 g/mol. The molecule has 0 aromatic heterocycles. The van der Waals surface area contributed by atoms with Gasteiger partial charge in [-0.25, -0.2) is 27.4 Å². The van der Waals surface area contributed by atoms with Crippen molar-refractivity contribution < 1.29 is 112 Å². The molecule has 0 bridgehead atoms. The molecule has 30 heavy (non-hydrogen) atoms. The summed E-state index contributed by atoms with van der Waals surface area (Å²) in [7, 11) is -30.3. The molecule has 192 valence electrons. The summed E-state index contributed by atoms with van der Waals surface area (Å²) in [5.41, 5.74) is 0. The minimum atomic E-state index is -5.14. The molecule has 0 rings (SSSR count). The number of rotatable bonds is 0. The fourth-order valence-corrected chi connectivity index (χ4v) is 0. The van der Waals surface area contributed by atoms with Crippen molar-refractivity contribution in [1.29, 1.82) is 0 Å². The van der Waals surface area contributed by atoms with Crippen LogP contribution in [0.5, 0.6) is 0 Å². The van der Waals surface area contributed by atoms with Gasteiger partial charge in [0.15, 0.2) is 0 Å². The van der Waals surface area contributed by atoms with Gasteiger partial charge < -0.3 is 14.7 Å². The smallest absolute Gasteiger partial charge is 0.303 e. The molecule has 0 aromatic carbocycles. The van der Waals surface area contributed by atoms with E-state index in [0.717, 1.165) is 0 Å². The molecule has 0 spiro atoms. The molecule has 13 N–H and O–H groups in total. The van der Waals surface area contributed by atoms with Crippen molar-refractivity contribution in [1.82, 2.24) is 0 Å². The van der Waals surface area contributed by atoms with Crippen molar-refractivity contribution in [2.24, 2.45) is 0 Å². The van der Waals surface area contributed by atoms with E-state index in [1.165, 1.54) is 0 Å². The summed E-state index contributed by atoms with van der Waals surface area (Å²) in [5.74, 6) is 0. The second-order valence-corrected chi connectivity index (χ2v) is 8.63. The fourth-order valence-electron chi connectivity index (χ4n) is 0. The largest absolute Gasteiger partial charge is 0.507 e. The van der Waals surface area contributed by atoms with E-state index in [1.807, 2.05) is 0 Å². The highest BCUT2D eigenvalue weighted by molar-refractivity contribution is 7.46. The Morgan fingerprint density at radius 2 is 0.300 bits per heavy atom. The van der Waals surface area contributed by atoms with E-state index in [9.17, 15) is 21.0 Å². The minimum absolute atomic E-state index is 4.64. The molecule has 0 saturated carbocycles. The molecule has 19 nitrogen and oxygen atoms in total. The Kier molecular flexibility index (Phi) is 26.5. The summed E-state index contributed by atoms with van der Waals surface area (Å²) in [6.45, 7) is 0. The Labute approximate surface area is 160 Å². The van der Waals surface area contributed by atoms with Crippen LogP contribution in [0.25, 0.3) is 0 Å². The third-order valence-electron chi connectivity index (χ3n) is 0. The van der Waals surface area contributed by atoms with Gasteiger partial charge in [-0.05, 0) is 0 Å². The monoisotopic (exact) mass is 598 g/mol. The van der Waals surface area contributed by atoms with Crippen molar-refractivity contribution in [2.75, 3.05) is 0 Å². The zero-order valence-electron chi connectivity index (χ0n) is 12.8. The first-order valence-corrected chi connectivity index (χ1v) is 13.6. The number of phosphoric acid groups is 1. The van der Waals surface area contributed by atoms with Gasteiger partial charge in [0.25, 0.3) is 0 Å². The zero-order chi connectivity index (χ0) is 27.0. The van der Waals surface area contributed by atoms with Crippen LogP contribution in [0.15, 0.2) is 0 Å². The van der Waals surface area contributed by atoms with Gasteiger partial charge in [-0.1, -0.05) is 0 Å². The van der Waals surface area contributed by atoms with Crippen molar-refractivity contribution >= 4 is 47.4 Å². The molecule has 0 radical (unpaired) electrons. The van der Waals surface area contributed by atoms with Crippen LogP contribution in [0.1, 0.15) is 0 Å². The van der Waals surface area contributed by atoms with E-state index < -0.39 is 47.4 Å². The summed E-state index contributed by atoms with van der Waals surface area (Å²) in [6.07, 6.45) is 0. The van der Waals surface area contributed by atoms with Crippen LogP contribution in [0.3, 0.4) is 0 Å². The number of halogens is 5. The lowest BCUT2D eigenvalue weighted by atomic mass is 15.8. The maximum Gasteiger partial charge on any atom is 0.507 e. The number of hydrogen-bond donors (Lipinski definition) is 13. The molecule has 0 unspecified atom stereocenters. The molecule has 0 aliphatic heterocycles. The van der Waals surface area contributed by atoms with E-state index in [1.54, 1.807) is 0 Å². The van der Waals surface area contributed by atoms with Crippen LogP contribution in [-0.4, -0.2) is 63.6 Å². The highest BCUT2D eigenvalue weighted by atomic mass is 31.2. The summed E-state index contributed by atoms with van der Waals surface area (Å²) in [6, 6.07) is 0. The van der Waals surface area contributed by atoms with Gasteiger partial charge in [-0.15, -0.1) is 21.0 Å². The predicted octanol–water partition coefficient (Wildman–Crippen LogP) is -0.686. The van der Waals surface area contributed by atoms with Crippen molar-refractivity contribution in [3.8, 4) is 0 Å². The molecule has 0 heterocycles. The highest BCUT2D eigenvalue weighted by Gasteiger charge is 2.06. The van der Waals surface area contributed by atoms with Crippen LogP contribution < -0.4 is 0 Å². The standard InChI is InChI=1S/5FH2O3P.H3O4P/c6*1-5(2,3)4/h5*(H2,2,3,4);(H3,1,2,3,4). The third kappa shape index (κ3) is 83000. The Bertz CT molecular complexity index is 472. The van der Waals surface area contributed by atoms with Gasteiger partial charge >= 0.3 is 47.4 Å². The van der Waals surface area contributed by atoms with Crippen LogP contribution >= 0.6 is 47.4 Å². The highest BCUT2D eigenvalue weighted by Crippen LogP contribution is 2.36. The number of hydrogen-bond acceptors (Lipinski definition) is 6. The maximum atomic E-state index is 10.4. The average Bonchev–Trinajstić information content (AvgIpc) is 1.94. The van der Waals surface area contributed by atoms with Crippen LogP contribution in [-0.2, 0) is 27.4 Å². The van der Waals surface area contributed by atoms with Crippen LogP contribution in [0, 0.1) is 0 Å². The quantitative estimate of drug-likeness (QED) is 0.121. The lowest BCUT2D eigenvalue weighted by Gasteiger charge is -1.82. The first-order valence-electron chi connectivity index (χ1n) is 4.54. The van der Waals surface area contributed by atoms with E-state index in [4.69, 9.17) is 91.0 Å². The molecular formula is H13F5O19P6. The molecule has 0 fully saturated rings. The van der Waals surface area contributed by atoms with Gasteiger partial charge in [-0.2, -0.15) is 0 Å². The second kappa shape index (κ2) is 18.0. The Morgan fingerprint density at radius 3 is 0.300 bits per heavy atom. The lowest BCUT2D eigenvalue weighted by Crippen LogP contribution is -1.66. The van der Waals surface area contributed by atoms with Crippen molar-refractivity contribution in [2.45, 2.75) is 0 Å². The van der Waals surface area contributed by atoms with Gasteiger partial charge in [0.1, 0.15) is 0 Å². The lowest BCUT2D eigenvalue weighted by molar-refractivity contribution is 0.275. The molecule has 0 aliphatic rings. The second-order valence-electron chi connectivity index (χ2n) is 2.88. The Balaban J connectivity index is -0.0000000576. The minimum Gasteiger partial charge on any atom is -0.303 e. The van der Waals surface area contributed by atoms with Gasteiger partial charge in [0.2, 0.25) is 0 Å². The Morgan fingerprint density at radius 1 is 0.300 bits per heavy atom. The summed E-state index contributed by atoms with van der Waals surface area (Å²) in [4.78, 5) is 91.2. The summed E-state index contributed by atoms with van der Waals surface area (Å²) >= 11 is 0. The fraction of sp³-hybridized carbons (Fsp3) is 0. The van der Waals surface area contributed by atoms with Crippen molar-refractivity contribution in [3.05, 3.63) is 0 Å². The van der Waals surface area contributed by atoms with Crippen LogP contribution in [0.4, 0.5) is 21.0 Å². The predicted molar refractivity (Wildman–Crippen MR) is 80.0 cm³/mol. The van der Waals surface area contributed by atoms with E-state index in [0.29, 0.717) is 0 Å². The van der Waals surface area contributed by atoms with E-state index in [-0.39, 0.29) is 0 Å². The summed E-state index contributed by atoms with van der Waals surface area (Å²) in [5, 5.41) is 0. The van der Waals surface area contributed by atoms with Crippen molar-refractivity contribution in [3.63, 3.8) is 0 Å². The maximum absolute atomic E-state index is 10.4. The molecule has 0 saturated heterocycles. The third-order valence-corrected chi connectivity index (χ3v) is 0. The SMILES string of the molecule is O=P(O)(O)F.O=P(O)(O)F.O=P(O)(O)F.O=P(O)(O)F.O=P(O)(O)F.O=P(O)(O)O. The first kappa shape index (κ1) is 44.2. The molecule has 0 aliphatic carbocycles. The normalized spacial score (nSPS) is 11.8. The molecule has 0 amide bonds. The zero-order valence-corrected chi connectivity index (χ0v) is 18.2. The average molecular weight is 598 g/mol. The topological polar surface area (TPSA) is 365 Å². The summed E-state index contributed by atoms with van der Waals surface area (Å²) < 4.78 is 104.